The molecular formula is CH2MoNS2-. The second-order valence-electron chi connectivity index (χ2n) is 0.319. The summed E-state index contributed by atoms with van der Waals surface area (Å²) in [5, 5.41) is 0. The summed E-state index contributed by atoms with van der Waals surface area (Å²) in [5.74, 6) is 0. The van der Waals surface area contributed by atoms with Gasteiger partial charge in [0, 0.05) is 21.1 Å². The van der Waals surface area contributed by atoms with Gasteiger partial charge in [-0.3, -0.25) is 0 Å². The van der Waals surface area contributed by atoms with Gasteiger partial charge in [-0.05, 0) is 0 Å². The van der Waals surface area contributed by atoms with Crippen molar-refractivity contribution >= 4 is 29.2 Å². The molecule has 0 aromatic rings. The Morgan fingerprint density at radius 2 is 1.80 bits per heavy atom. The van der Waals surface area contributed by atoms with Crippen molar-refractivity contribution in [1.29, 1.82) is 0 Å². The van der Waals surface area contributed by atoms with E-state index in [1.807, 2.05) is 0 Å². The molecule has 2 N–H and O–H groups in total. The smallest absolute Gasteiger partial charge is 0 e. The zero-order chi connectivity index (χ0) is 3.58. The van der Waals surface area contributed by atoms with E-state index >= 15 is 0 Å². The van der Waals surface area contributed by atoms with Crippen LogP contribution in [0.1, 0.15) is 0 Å². The molecule has 0 atom stereocenters. The maximum absolute atomic E-state index is 4.66. The first kappa shape index (κ1) is 9.25. The fourth-order valence-corrected chi connectivity index (χ4v) is 0. The van der Waals surface area contributed by atoms with Crippen LogP contribution in [-0.4, -0.2) is 4.32 Å². The van der Waals surface area contributed by atoms with Crippen LogP contribution in [0.15, 0.2) is 0 Å². The van der Waals surface area contributed by atoms with Gasteiger partial charge in [0.15, 0.2) is 0 Å². The summed E-state index contributed by atoms with van der Waals surface area (Å²) >= 11 is 8.26. The molecule has 0 aromatic heterocycles. The Labute approximate surface area is 56.0 Å². The van der Waals surface area contributed by atoms with Gasteiger partial charge in [0.1, 0.15) is 0 Å². The van der Waals surface area contributed by atoms with Gasteiger partial charge in [-0.2, -0.15) is 0 Å². The zero-order valence-electron chi connectivity index (χ0n) is 2.30. The van der Waals surface area contributed by atoms with Gasteiger partial charge >= 0.3 is 0 Å². The van der Waals surface area contributed by atoms with E-state index in [1.54, 1.807) is 0 Å². The number of rotatable bonds is 0. The molecule has 0 saturated carbocycles. The van der Waals surface area contributed by atoms with Crippen molar-refractivity contribution in [1.82, 2.24) is 0 Å². The second-order valence-corrected chi connectivity index (χ2v) is 1.46. The SMILES string of the molecule is NC(=S)[S-].[Mo]. The monoisotopic (exact) mass is 190 g/mol. The molecule has 0 amide bonds. The first-order chi connectivity index (χ1) is 1.73. The molecule has 0 aliphatic rings. The second kappa shape index (κ2) is 4.80. The van der Waals surface area contributed by atoms with Crippen LogP contribution in [0.2, 0.25) is 0 Å². The number of hydrogen-bond donors (Lipinski definition) is 1. The summed E-state index contributed by atoms with van der Waals surface area (Å²) in [6, 6.07) is 0. The van der Waals surface area contributed by atoms with E-state index in [1.165, 1.54) is 0 Å². The van der Waals surface area contributed by atoms with E-state index in [9.17, 15) is 0 Å². The summed E-state index contributed by atoms with van der Waals surface area (Å²) in [5.41, 5.74) is 4.66. The molecule has 0 rings (SSSR count). The van der Waals surface area contributed by atoms with Crippen molar-refractivity contribution in [3.8, 4) is 0 Å². The van der Waals surface area contributed by atoms with Gasteiger partial charge in [-0.15, -0.1) is 0 Å². The molecule has 0 aliphatic heterocycles. The first-order valence-corrected chi connectivity index (χ1v) is 1.51. The Morgan fingerprint density at radius 3 is 1.80 bits per heavy atom. The molecule has 30 valence electrons. The maximum atomic E-state index is 4.66. The predicted molar refractivity (Wildman–Crippen MR) is 24.2 cm³/mol. The molecule has 5 heavy (non-hydrogen) atoms. The van der Waals surface area contributed by atoms with Crippen molar-refractivity contribution in [3.63, 3.8) is 0 Å². The Kier molecular flexibility index (Phi) is 8.88. The van der Waals surface area contributed by atoms with Crippen molar-refractivity contribution in [2.45, 2.75) is 0 Å². The molecule has 0 fully saturated rings. The number of nitrogens with two attached hydrogens (primary N) is 1. The first-order valence-electron chi connectivity index (χ1n) is 0.697. The third-order valence-corrected chi connectivity index (χ3v) is 0. The van der Waals surface area contributed by atoms with E-state index < -0.39 is 0 Å². The topological polar surface area (TPSA) is 26.0 Å². The Hall–Kier alpha value is 0.798. The Bertz CT molecular complexity index is 32.6. The van der Waals surface area contributed by atoms with Crippen LogP contribution in [0.5, 0.6) is 0 Å². The van der Waals surface area contributed by atoms with Gasteiger partial charge in [-0.1, -0.05) is 4.32 Å². The molecular weight excluding hydrogens is 186 g/mol. The Morgan fingerprint density at radius 1 is 1.80 bits per heavy atom. The normalized spacial score (nSPS) is 4.80. The molecule has 4 heteroatoms. The average Bonchev–Trinajstić information content (AvgIpc) is 0.811. The standard InChI is InChI=1S/CH3NS2.Mo/c2-1(3)4;/h(H3,2,3,4);/p-1. The fourth-order valence-electron chi connectivity index (χ4n) is 0. The van der Waals surface area contributed by atoms with Crippen LogP contribution in [0.3, 0.4) is 0 Å². The van der Waals surface area contributed by atoms with Crippen molar-refractivity contribution in [2.75, 3.05) is 0 Å². The molecule has 1 nitrogen and oxygen atoms in total. The summed E-state index contributed by atoms with van der Waals surface area (Å²) < 4.78 is 0.0833. The molecule has 0 radical (unpaired) electrons. The van der Waals surface area contributed by atoms with E-state index in [0.717, 1.165) is 0 Å². The zero-order valence-corrected chi connectivity index (χ0v) is 5.94. The van der Waals surface area contributed by atoms with Crippen LogP contribution < -0.4 is 5.73 Å². The number of hydrogen-bond acceptors (Lipinski definition) is 2. The van der Waals surface area contributed by atoms with Gasteiger partial charge in [-0.25, -0.2) is 0 Å². The molecule has 0 saturated heterocycles. The van der Waals surface area contributed by atoms with Crippen molar-refractivity contribution in [2.24, 2.45) is 5.73 Å². The Balaban J connectivity index is 0. The molecule has 0 aliphatic carbocycles. The quantitative estimate of drug-likeness (QED) is 0.323. The number of thiocarbonyl (C=S) groups is 1. The van der Waals surface area contributed by atoms with Gasteiger partial charge < -0.3 is 30.6 Å². The summed E-state index contributed by atoms with van der Waals surface area (Å²) in [6.07, 6.45) is 0. The molecule has 0 aromatic carbocycles. The van der Waals surface area contributed by atoms with Crippen LogP contribution in [0, 0.1) is 0 Å². The maximum Gasteiger partial charge on any atom is 0 e. The van der Waals surface area contributed by atoms with E-state index in [2.05, 4.69) is 30.6 Å². The third kappa shape index (κ3) is 59.0. The molecule has 0 heterocycles. The molecule has 0 spiro atoms. The van der Waals surface area contributed by atoms with Gasteiger partial charge in [0.2, 0.25) is 0 Å². The van der Waals surface area contributed by atoms with E-state index in [0.29, 0.717) is 0 Å². The average molecular weight is 188 g/mol. The van der Waals surface area contributed by atoms with Crippen LogP contribution in [0.25, 0.3) is 0 Å². The fraction of sp³-hybridized carbons (Fsp3) is 0. The molecule has 0 unspecified atom stereocenters. The summed E-state index contributed by atoms with van der Waals surface area (Å²) in [7, 11) is 0. The minimum Gasteiger partial charge on any atom is -0.415 e. The van der Waals surface area contributed by atoms with Crippen molar-refractivity contribution in [3.05, 3.63) is 0 Å². The van der Waals surface area contributed by atoms with Crippen LogP contribution >= 0.6 is 12.2 Å². The minimum atomic E-state index is 0. The largest absolute Gasteiger partial charge is 0.415 e. The van der Waals surface area contributed by atoms with Crippen LogP contribution in [0.4, 0.5) is 0 Å². The summed E-state index contributed by atoms with van der Waals surface area (Å²) in [4.78, 5) is 0. The van der Waals surface area contributed by atoms with Gasteiger partial charge in [0.25, 0.3) is 0 Å². The van der Waals surface area contributed by atoms with Crippen LogP contribution in [-0.2, 0) is 33.7 Å². The summed E-state index contributed by atoms with van der Waals surface area (Å²) in [6.45, 7) is 0. The van der Waals surface area contributed by atoms with E-state index in [-0.39, 0.29) is 25.4 Å². The van der Waals surface area contributed by atoms with Gasteiger partial charge in [0.05, 0.1) is 0 Å². The third-order valence-electron chi connectivity index (χ3n) is 0. The van der Waals surface area contributed by atoms with E-state index in [4.69, 9.17) is 0 Å². The van der Waals surface area contributed by atoms with Crippen molar-refractivity contribution < 1.29 is 21.1 Å². The molecule has 0 bridgehead atoms. The minimum absolute atomic E-state index is 0. The predicted octanol–water partition coefficient (Wildman–Crippen LogP) is -0.226.